The molecule has 0 radical (unpaired) electrons. The first-order valence-electron chi connectivity index (χ1n) is 7.52. The molecule has 2 aromatic heterocycles. The molecule has 1 amide bonds. The first kappa shape index (κ1) is 19.3. The van der Waals surface area contributed by atoms with Gasteiger partial charge in [0, 0.05) is 5.39 Å². The number of methoxy groups -OCH3 is 1. The average molecular weight is 399 g/mol. The molecular weight excluding hydrogens is 389 g/mol. The summed E-state index contributed by atoms with van der Waals surface area (Å²) in [6, 6.07) is 4.04. The highest BCUT2D eigenvalue weighted by atomic mass is 19.4. The van der Waals surface area contributed by atoms with Crippen molar-refractivity contribution >= 4 is 16.8 Å². The van der Waals surface area contributed by atoms with E-state index >= 15 is 0 Å². The quantitative estimate of drug-likeness (QED) is 0.530. The van der Waals surface area contributed by atoms with Gasteiger partial charge in [0.05, 0.1) is 25.1 Å². The smallest absolute Gasteiger partial charge is 0.433 e. The summed E-state index contributed by atoms with van der Waals surface area (Å²) in [4.78, 5) is 19.3. The molecule has 0 saturated carbocycles. The van der Waals surface area contributed by atoms with Crippen molar-refractivity contribution in [3.8, 4) is 5.75 Å². The largest absolute Gasteiger partial charge is 0.494 e. The van der Waals surface area contributed by atoms with Crippen molar-refractivity contribution < 1.29 is 36.7 Å². The third kappa shape index (κ3) is 3.50. The summed E-state index contributed by atoms with van der Waals surface area (Å²) in [5, 5.41) is 8.05. The predicted octanol–water partition coefficient (Wildman–Crippen LogP) is 3.32. The van der Waals surface area contributed by atoms with Crippen LogP contribution in [0.4, 0.5) is 22.0 Å². The van der Waals surface area contributed by atoms with Crippen LogP contribution < -0.4 is 10.1 Å². The van der Waals surface area contributed by atoms with Crippen molar-refractivity contribution in [1.82, 2.24) is 9.71 Å². The minimum absolute atomic E-state index is 0.0314. The number of rotatable bonds is 2. The summed E-state index contributed by atoms with van der Waals surface area (Å²) in [5.74, 6) is -3.78. The number of amides is 1. The topological polar surface area (TPSA) is 76.7 Å². The van der Waals surface area contributed by atoms with E-state index in [1.165, 1.54) is 19.2 Å². The summed E-state index contributed by atoms with van der Waals surface area (Å²) in [6.45, 7) is 0. The molecule has 28 heavy (non-hydrogen) atoms. The summed E-state index contributed by atoms with van der Waals surface area (Å²) in [5.41, 5.74) is -1.70. The molecule has 1 N–H and O–H groups in total. The molecule has 2 heterocycles. The number of carbonyl (C=O) groups is 1. The molecule has 11 heteroatoms. The monoisotopic (exact) mass is 399 g/mol. The fourth-order valence-electron chi connectivity index (χ4n) is 2.48. The molecule has 146 valence electrons. The fraction of sp³-hybridized carbons (Fsp3) is 0.118. The second-order valence-corrected chi connectivity index (χ2v) is 5.51. The maximum absolute atomic E-state index is 13.8. The molecule has 3 rings (SSSR count). The van der Waals surface area contributed by atoms with Crippen LogP contribution in [0.1, 0.15) is 16.1 Å². The predicted molar refractivity (Wildman–Crippen MR) is 84.7 cm³/mol. The Labute approximate surface area is 153 Å². The number of aromatic nitrogens is 2. The standard InChI is InChI=1S/C17H10F5N3O3/c1-28-12-4-2-9(8-3-5-13(17(20,21)22)23-14(8)12)16(26)24-15-10(18)6-25(27)7-11(15)19/h2-7,27H,1H3. The van der Waals surface area contributed by atoms with Crippen molar-refractivity contribution in [3.63, 3.8) is 0 Å². The van der Waals surface area contributed by atoms with Gasteiger partial charge in [-0.05, 0) is 24.3 Å². The maximum Gasteiger partial charge on any atom is 0.433 e. The van der Waals surface area contributed by atoms with Crippen LogP contribution in [0, 0.1) is 11.6 Å². The molecule has 0 bridgehead atoms. The van der Waals surface area contributed by atoms with Crippen LogP contribution in [0.15, 0.2) is 41.7 Å². The highest BCUT2D eigenvalue weighted by Crippen LogP contribution is 2.33. The number of fused-ring (bicyclic) bond motifs is 1. The minimum atomic E-state index is -4.72. The van der Waals surface area contributed by atoms with Crippen LogP contribution in [0.5, 0.6) is 5.75 Å². The third-order valence-corrected chi connectivity index (χ3v) is 3.72. The first-order valence-corrected chi connectivity index (χ1v) is 7.52. The molecule has 0 unspecified atom stereocenters. The summed E-state index contributed by atoms with van der Waals surface area (Å²) < 4.78 is 71.4. The lowest BCUT2D eigenvalue weighted by Gasteiger charge is -2.11. The van der Waals surface area contributed by atoms with Crippen molar-refractivity contribution in [2.45, 2.75) is 6.18 Å². The summed E-state index contributed by atoms with van der Waals surface area (Å²) in [6.07, 6.45) is -3.75. The van der Waals surface area contributed by atoms with E-state index in [1.807, 2.05) is 0 Å². The number of ether oxygens (including phenoxy) is 1. The van der Waals surface area contributed by atoms with Crippen molar-refractivity contribution in [3.05, 3.63) is 64.9 Å². The fourth-order valence-corrected chi connectivity index (χ4v) is 2.48. The SMILES string of the molecule is COc1ccc(C(=O)N=c2c(F)cn(O)cc2F)c2ccc(C(F)(F)F)nc12. The van der Waals surface area contributed by atoms with Gasteiger partial charge in [0.2, 0.25) is 0 Å². The Morgan fingerprint density at radius 3 is 2.36 bits per heavy atom. The Hall–Kier alpha value is -3.50. The lowest BCUT2D eigenvalue weighted by molar-refractivity contribution is -0.140. The van der Waals surface area contributed by atoms with Crippen LogP contribution in [-0.4, -0.2) is 27.9 Å². The second-order valence-electron chi connectivity index (χ2n) is 5.51. The molecule has 0 fully saturated rings. The van der Waals surface area contributed by atoms with E-state index in [2.05, 4.69) is 9.98 Å². The second kappa shape index (κ2) is 6.91. The zero-order valence-electron chi connectivity index (χ0n) is 14.0. The summed E-state index contributed by atoms with van der Waals surface area (Å²) >= 11 is 0. The zero-order valence-corrected chi connectivity index (χ0v) is 14.0. The average Bonchev–Trinajstić information content (AvgIpc) is 2.62. The van der Waals surface area contributed by atoms with Gasteiger partial charge in [-0.25, -0.2) is 18.8 Å². The zero-order chi connectivity index (χ0) is 20.6. The number of carbonyl (C=O) groups excluding carboxylic acids is 1. The van der Waals surface area contributed by atoms with E-state index in [0.717, 1.165) is 6.07 Å². The van der Waals surface area contributed by atoms with Crippen molar-refractivity contribution in [2.75, 3.05) is 7.11 Å². The lowest BCUT2D eigenvalue weighted by Crippen LogP contribution is -2.19. The van der Waals surface area contributed by atoms with Gasteiger partial charge in [-0.1, -0.05) is 0 Å². The van der Waals surface area contributed by atoms with Gasteiger partial charge in [0.1, 0.15) is 22.3 Å². The van der Waals surface area contributed by atoms with Crippen molar-refractivity contribution in [2.24, 2.45) is 4.99 Å². The molecular formula is C17H10F5N3O3. The van der Waals surface area contributed by atoms with Crippen LogP contribution >= 0.6 is 0 Å². The van der Waals surface area contributed by atoms with Crippen LogP contribution in [-0.2, 0) is 6.18 Å². The molecule has 0 aliphatic carbocycles. The van der Waals surface area contributed by atoms with Crippen LogP contribution in [0.3, 0.4) is 0 Å². The Bertz CT molecular complexity index is 1130. The number of nitrogens with zero attached hydrogens (tertiary/aromatic N) is 3. The first-order chi connectivity index (χ1) is 13.1. The highest BCUT2D eigenvalue weighted by molar-refractivity contribution is 6.08. The molecule has 0 saturated heterocycles. The number of benzene rings is 1. The lowest BCUT2D eigenvalue weighted by atomic mass is 10.1. The van der Waals surface area contributed by atoms with Crippen LogP contribution in [0.25, 0.3) is 10.9 Å². The Morgan fingerprint density at radius 1 is 1.14 bits per heavy atom. The summed E-state index contributed by atoms with van der Waals surface area (Å²) in [7, 11) is 1.21. The van der Waals surface area contributed by atoms with E-state index in [9.17, 15) is 26.7 Å². The molecule has 0 aliphatic heterocycles. The van der Waals surface area contributed by atoms with Crippen LogP contribution in [0.2, 0.25) is 0 Å². The Balaban J connectivity index is 2.22. The van der Waals surface area contributed by atoms with Crippen molar-refractivity contribution in [1.29, 1.82) is 0 Å². The minimum Gasteiger partial charge on any atom is -0.494 e. The Morgan fingerprint density at radius 2 is 1.79 bits per heavy atom. The molecule has 3 aromatic rings. The van der Waals surface area contributed by atoms with Gasteiger partial charge in [0.25, 0.3) is 5.91 Å². The Kier molecular flexibility index (Phi) is 4.75. The molecule has 0 spiro atoms. The van der Waals surface area contributed by atoms with Gasteiger partial charge in [-0.3, -0.25) is 4.79 Å². The molecule has 1 aromatic carbocycles. The van der Waals surface area contributed by atoms with Gasteiger partial charge < -0.3 is 9.94 Å². The van der Waals surface area contributed by atoms with Gasteiger partial charge in [-0.2, -0.15) is 17.9 Å². The van der Waals surface area contributed by atoms with Gasteiger partial charge in [0.15, 0.2) is 11.6 Å². The van der Waals surface area contributed by atoms with E-state index in [1.54, 1.807) is 0 Å². The van der Waals surface area contributed by atoms with E-state index in [0.29, 0.717) is 18.5 Å². The maximum atomic E-state index is 13.8. The number of hydrogen-bond acceptors (Lipinski definition) is 4. The van der Waals surface area contributed by atoms with E-state index < -0.39 is 34.8 Å². The number of pyridine rings is 2. The van der Waals surface area contributed by atoms with E-state index in [4.69, 9.17) is 9.94 Å². The van der Waals surface area contributed by atoms with E-state index in [-0.39, 0.29) is 26.9 Å². The normalized spacial score (nSPS) is 11.5. The molecule has 0 aliphatic rings. The van der Waals surface area contributed by atoms with Gasteiger partial charge >= 0.3 is 6.18 Å². The highest BCUT2D eigenvalue weighted by Gasteiger charge is 2.33. The van der Waals surface area contributed by atoms with Gasteiger partial charge in [-0.15, -0.1) is 0 Å². The molecule has 0 atom stereocenters. The number of halogens is 5. The number of hydrogen-bond donors (Lipinski definition) is 1. The third-order valence-electron chi connectivity index (χ3n) is 3.72. The number of alkyl halides is 3. The molecule has 6 nitrogen and oxygen atoms in total.